The molecular weight excluding hydrogens is 428 g/mol. The van der Waals surface area contributed by atoms with E-state index in [0.717, 1.165) is 34.4 Å². The topological polar surface area (TPSA) is 28.5 Å². The molecule has 0 N–H and O–H groups in total. The lowest BCUT2D eigenvalue weighted by Gasteiger charge is -2.35. The first-order valence-electron chi connectivity index (χ1n) is 10.6. The Labute approximate surface area is 189 Å². The van der Waals surface area contributed by atoms with Gasteiger partial charge in [0, 0.05) is 39.3 Å². The van der Waals surface area contributed by atoms with Gasteiger partial charge in [-0.2, -0.15) is 0 Å². The second kappa shape index (κ2) is 8.84. The number of nitrogens with zero attached hydrogens (tertiary/aromatic N) is 3. The normalized spacial score (nSPS) is 14.9. The van der Waals surface area contributed by atoms with Crippen LogP contribution in [-0.4, -0.2) is 46.5 Å². The van der Waals surface area contributed by atoms with Gasteiger partial charge >= 0.3 is 0 Å². The Balaban J connectivity index is 1.31. The van der Waals surface area contributed by atoms with Gasteiger partial charge in [-0.15, -0.1) is 11.3 Å². The highest BCUT2D eigenvalue weighted by molar-refractivity contribution is 7.17. The number of fused-ring (bicyclic) bond motifs is 1. The zero-order valence-electron chi connectivity index (χ0n) is 17.5. The monoisotopic (exact) mass is 451 g/mol. The molecule has 2 aromatic carbocycles. The van der Waals surface area contributed by atoms with Crippen LogP contribution >= 0.6 is 11.3 Å². The Bertz CT molecular complexity index is 1260. The smallest absolute Gasteiger partial charge is 0.270 e. The third-order valence-electron chi connectivity index (χ3n) is 5.93. The summed E-state index contributed by atoms with van der Waals surface area (Å²) in [4.78, 5) is 17.5. The number of piperazine rings is 1. The Morgan fingerprint density at radius 2 is 1.50 bits per heavy atom. The summed E-state index contributed by atoms with van der Waals surface area (Å²) in [5.41, 5.74) is 3.39. The number of carbonyl (C=O) groups excluding carboxylic acids is 1. The van der Waals surface area contributed by atoms with E-state index in [0.29, 0.717) is 31.9 Å². The average Bonchev–Trinajstić information content (AvgIpc) is 3.37. The van der Waals surface area contributed by atoms with Gasteiger partial charge in [-0.3, -0.25) is 9.69 Å². The van der Waals surface area contributed by atoms with Crippen molar-refractivity contribution in [1.29, 1.82) is 0 Å². The Hall–Kier alpha value is -3.03. The largest absolute Gasteiger partial charge is 0.335 e. The van der Waals surface area contributed by atoms with Crippen LogP contribution in [0.2, 0.25) is 0 Å². The number of rotatable bonds is 5. The standard InChI is InChI=1S/C25H23F2N3OS/c26-20-5-1-3-18(13-20)16-28-8-10-29(11-9-28)25(31)23-15-24-22(7-12-32-24)30(23)17-19-4-2-6-21(27)14-19/h1-7,12-15H,8-11,16-17H2. The van der Waals surface area contributed by atoms with Crippen molar-refractivity contribution in [1.82, 2.24) is 14.4 Å². The second-order valence-electron chi connectivity index (χ2n) is 8.11. The molecule has 4 aromatic rings. The molecule has 1 aliphatic rings. The molecular formula is C25H23F2N3OS. The molecule has 1 amide bonds. The molecule has 0 aliphatic carbocycles. The Kier molecular flexibility index (Phi) is 5.76. The first kappa shape index (κ1) is 20.8. The lowest BCUT2D eigenvalue weighted by atomic mass is 10.2. The lowest BCUT2D eigenvalue weighted by Crippen LogP contribution is -2.48. The molecule has 1 fully saturated rings. The lowest BCUT2D eigenvalue weighted by molar-refractivity contribution is 0.0619. The summed E-state index contributed by atoms with van der Waals surface area (Å²) < 4.78 is 30.2. The molecule has 7 heteroatoms. The number of hydrogen-bond acceptors (Lipinski definition) is 3. The Morgan fingerprint density at radius 1 is 0.844 bits per heavy atom. The zero-order chi connectivity index (χ0) is 22.1. The number of halogens is 2. The summed E-state index contributed by atoms with van der Waals surface area (Å²) in [6, 6.07) is 17.1. The number of carbonyl (C=O) groups is 1. The predicted octanol–water partition coefficient (Wildman–Crippen LogP) is 4.99. The molecule has 1 aliphatic heterocycles. The van der Waals surface area contributed by atoms with Crippen LogP contribution in [0.1, 0.15) is 21.6 Å². The first-order chi connectivity index (χ1) is 15.6. The highest BCUT2D eigenvalue weighted by Gasteiger charge is 2.26. The van der Waals surface area contributed by atoms with Crippen LogP contribution in [0.3, 0.4) is 0 Å². The van der Waals surface area contributed by atoms with Crippen LogP contribution in [0, 0.1) is 11.6 Å². The molecule has 0 atom stereocenters. The molecule has 3 heterocycles. The van der Waals surface area contributed by atoms with Crippen molar-refractivity contribution in [2.45, 2.75) is 13.1 Å². The van der Waals surface area contributed by atoms with E-state index in [1.54, 1.807) is 29.5 Å². The van der Waals surface area contributed by atoms with Crippen LogP contribution in [0.4, 0.5) is 8.78 Å². The van der Waals surface area contributed by atoms with E-state index in [4.69, 9.17) is 0 Å². The maximum atomic E-state index is 13.7. The summed E-state index contributed by atoms with van der Waals surface area (Å²) in [6.45, 7) is 3.83. The van der Waals surface area contributed by atoms with Gasteiger partial charge in [0.05, 0.1) is 10.2 Å². The average molecular weight is 452 g/mol. The molecule has 164 valence electrons. The summed E-state index contributed by atoms with van der Waals surface area (Å²) in [5, 5.41) is 2.01. The fourth-order valence-electron chi connectivity index (χ4n) is 4.31. The fourth-order valence-corrected chi connectivity index (χ4v) is 5.13. The number of aromatic nitrogens is 1. The van der Waals surface area contributed by atoms with Crippen LogP contribution < -0.4 is 0 Å². The maximum Gasteiger partial charge on any atom is 0.270 e. The van der Waals surface area contributed by atoms with Crippen LogP contribution in [0.25, 0.3) is 10.2 Å². The van der Waals surface area contributed by atoms with Gasteiger partial charge in [-0.05, 0) is 52.9 Å². The molecule has 0 bridgehead atoms. The van der Waals surface area contributed by atoms with Crippen molar-refractivity contribution < 1.29 is 13.6 Å². The first-order valence-corrected chi connectivity index (χ1v) is 11.5. The molecule has 0 spiro atoms. The van der Waals surface area contributed by atoms with E-state index in [9.17, 15) is 13.6 Å². The fraction of sp³-hybridized carbons (Fsp3) is 0.240. The highest BCUT2D eigenvalue weighted by atomic mass is 32.1. The van der Waals surface area contributed by atoms with Gasteiger partial charge in [0.1, 0.15) is 17.3 Å². The van der Waals surface area contributed by atoms with Crippen molar-refractivity contribution in [3.63, 3.8) is 0 Å². The molecule has 0 saturated carbocycles. The van der Waals surface area contributed by atoms with E-state index in [1.165, 1.54) is 18.2 Å². The van der Waals surface area contributed by atoms with Gasteiger partial charge in [-0.25, -0.2) is 8.78 Å². The highest BCUT2D eigenvalue weighted by Crippen LogP contribution is 2.27. The number of hydrogen-bond donors (Lipinski definition) is 0. The summed E-state index contributed by atoms with van der Waals surface area (Å²) in [5.74, 6) is -0.510. The maximum absolute atomic E-state index is 13.7. The van der Waals surface area contributed by atoms with Crippen molar-refractivity contribution >= 4 is 27.5 Å². The molecule has 2 aromatic heterocycles. The molecule has 0 unspecified atom stereocenters. The second-order valence-corrected chi connectivity index (χ2v) is 9.06. The van der Waals surface area contributed by atoms with Gasteiger partial charge in [0.25, 0.3) is 5.91 Å². The van der Waals surface area contributed by atoms with Crippen LogP contribution in [-0.2, 0) is 13.1 Å². The quantitative estimate of drug-likeness (QED) is 0.428. The minimum absolute atomic E-state index is 0.00444. The predicted molar refractivity (Wildman–Crippen MR) is 123 cm³/mol. The van der Waals surface area contributed by atoms with E-state index in [1.807, 2.05) is 39.1 Å². The number of thiophene rings is 1. The van der Waals surface area contributed by atoms with Gasteiger partial charge < -0.3 is 9.47 Å². The molecule has 5 rings (SSSR count). The van der Waals surface area contributed by atoms with Gasteiger partial charge in [0.15, 0.2) is 0 Å². The summed E-state index contributed by atoms with van der Waals surface area (Å²) in [6.07, 6.45) is 0. The van der Waals surface area contributed by atoms with E-state index >= 15 is 0 Å². The number of benzene rings is 2. The van der Waals surface area contributed by atoms with E-state index in [2.05, 4.69) is 4.90 Å². The third-order valence-corrected chi connectivity index (χ3v) is 6.78. The molecule has 0 radical (unpaired) electrons. The minimum Gasteiger partial charge on any atom is -0.335 e. The van der Waals surface area contributed by atoms with Crippen molar-refractivity contribution in [2.75, 3.05) is 26.2 Å². The van der Waals surface area contributed by atoms with Crippen molar-refractivity contribution in [3.8, 4) is 0 Å². The summed E-state index contributed by atoms with van der Waals surface area (Å²) in [7, 11) is 0. The zero-order valence-corrected chi connectivity index (χ0v) is 18.3. The minimum atomic E-state index is -0.279. The van der Waals surface area contributed by atoms with E-state index < -0.39 is 0 Å². The SMILES string of the molecule is O=C(c1cc2sccc2n1Cc1cccc(F)c1)N1CCN(Cc2cccc(F)c2)CC1. The Morgan fingerprint density at radius 3 is 2.16 bits per heavy atom. The van der Waals surface area contributed by atoms with Gasteiger partial charge in [0.2, 0.25) is 0 Å². The molecule has 1 saturated heterocycles. The third kappa shape index (κ3) is 4.31. The van der Waals surface area contributed by atoms with Crippen LogP contribution in [0.5, 0.6) is 0 Å². The van der Waals surface area contributed by atoms with Crippen molar-refractivity contribution in [3.05, 3.63) is 94.5 Å². The van der Waals surface area contributed by atoms with Gasteiger partial charge in [-0.1, -0.05) is 24.3 Å². The van der Waals surface area contributed by atoms with Crippen LogP contribution in [0.15, 0.2) is 66.0 Å². The van der Waals surface area contributed by atoms with E-state index in [-0.39, 0.29) is 17.5 Å². The van der Waals surface area contributed by atoms with Crippen molar-refractivity contribution in [2.24, 2.45) is 0 Å². The number of amides is 1. The molecule has 4 nitrogen and oxygen atoms in total. The summed E-state index contributed by atoms with van der Waals surface area (Å²) >= 11 is 1.60. The molecule has 32 heavy (non-hydrogen) atoms.